The second-order valence-corrected chi connectivity index (χ2v) is 5.44. The van der Waals surface area contributed by atoms with Crippen molar-refractivity contribution in [3.8, 4) is 16.9 Å². The molecule has 4 heteroatoms. The lowest BCUT2D eigenvalue weighted by Gasteiger charge is -2.12. The molecule has 0 aliphatic carbocycles. The second-order valence-electron chi connectivity index (χ2n) is 4.60. The van der Waals surface area contributed by atoms with Gasteiger partial charge < -0.3 is 10.5 Å². The van der Waals surface area contributed by atoms with Gasteiger partial charge in [-0.3, -0.25) is 0 Å². The highest BCUT2D eigenvalue weighted by Crippen LogP contribution is 2.41. The van der Waals surface area contributed by atoms with Crippen molar-refractivity contribution < 1.29 is 4.74 Å². The molecule has 1 heterocycles. The van der Waals surface area contributed by atoms with Crippen LogP contribution in [0.15, 0.2) is 36.4 Å². The number of ether oxygens (including phenoxy) is 1. The summed E-state index contributed by atoms with van der Waals surface area (Å²) in [6.07, 6.45) is 0.895. The third-order valence-electron chi connectivity index (χ3n) is 3.31. The minimum absolute atomic E-state index is 0.0501. The standard InChI is InChI=1S/C15H13Cl2NO/c16-10-4-5-14(17)13(7-10)12-3-1-2-9-6-11(8-18)19-15(9)12/h1-5,7,11H,6,8,18H2/t11-/m0/s1. The number of benzene rings is 2. The van der Waals surface area contributed by atoms with Crippen molar-refractivity contribution in [2.75, 3.05) is 6.54 Å². The quantitative estimate of drug-likeness (QED) is 0.911. The Morgan fingerprint density at radius 1 is 1.16 bits per heavy atom. The molecule has 0 spiro atoms. The normalized spacial score (nSPS) is 17.1. The Hall–Kier alpha value is -1.22. The summed E-state index contributed by atoms with van der Waals surface area (Å²) in [7, 11) is 0. The van der Waals surface area contributed by atoms with Crippen LogP contribution in [-0.4, -0.2) is 12.6 Å². The molecule has 2 nitrogen and oxygen atoms in total. The zero-order valence-corrected chi connectivity index (χ0v) is 11.7. The van der Waals surface area contributed by atoms with Gasteiger partial charge in [0.05, 0.1) is 0 Å². The first-order valence-electron chi connectivity index (χ1n) is 6.13. The lowest BCUT2D eigenvalue weighted by atomic mass is 10.0. The first-order valence-corrected chi connectivity index (χ1v) is 6.88. The van der Waals surface area contributed by atoms with Gasteiger partial charge in [0.15, 0.2) is 0 Å². The summed E-state index contributed by atoms with van der Waals surface area (Å²) in [5.74, 6) is 0.877. The smallest absolute Gasteiger partial charge is 0.131 e. The molecule has 0 saturated heterocycles. The van der Waals surface area contributed by atoms with Gasteiger partial charge in [-0.1, -0.05) is 41.4 Å². The highest BCUT2D eigenvalue weighted by molar-refractivity contribution is 6.35. The van der Waals surface area contributed by atoms with Gasteiger partial charge in [-0.05, 0) is 23.8 Å². The first kappa shape index (κ1) is 12.8. The number of nitrogens with two attached hydrogens (primary N) is 1. The van der Waals surface area contributed by atoms with Crippen LogP contribution in [0.4, 0.5) is 0 Å². The molecule has 2 N–H and O–H groups in total. The maximum absolute atomic E-state index is 6.26. The van der Waals surface area contributed by atoms with E-state index in [2.05, 4.69) is 6.07 Å². The summed E-state index contributed by atoms with van der Waals surface area (Å²) in [6.45, 7) is 0.511. The van der Waals surface area contributed by atoms with Gasteiger partial charge in [0, 0.05) is 34.1 Å². The zero-order valence-electron chi connectivity index (χ0n) is 10.2. The molecule has 0 aromatic heterocycles. The maximum atomic E-state index is 6.26. The number of halogens is 2. The fourth-order valence-corrected chi connectivity index (χ4v) is 2.78. The van der Waals surface area contributed by atoms with Crippen molar-refractivity contribution in [1.29, 1.82) is 0 Å². The molecule has 1 atom stereocenters. The molecule has 1 aliphatic heterocycles. The van der Waals surface area contributed by atoms with Gasteiger partial charge >= 0.3 is 0 Å². The first-order chi connectivity index (χ1) is 9.19. The third-order valence-corrected chi connectivity index (χ3v) is 3.87. The Balaban J connectivity index is 2.13. The van der Waals surface area contributed by atoms with E-state index in [4.69, 9.17) is 33.7 Å². The van der Waals surface area contributed by atoms with Crippen LogP contribution in [0.2, 0.25) is 10.0 Å². The SMILES string of the molecule is NC[C@@H]1Cc2cccc(-c3cc(Cl)ccc3Cl)c2O1. The van der Waals surface area contributed by atoms with Gasteiger partial charge in [-0.15, -0.1) is 0 Å². The van der Waals surface area contributed by atoms with E-state index in [1.807, 2.05) is 18.2 Å². The highest BCUT2D eigenvalue weighted by atomic mass is 35.5. The molecule has 0 saturated carbocycles. The largest absolute Gasteiger partial charge is 0.488 e. The average molecular weight is 294 g/mol. The predicted molar refractivity (Wildman–Crippen MR) is 79.1 cm³/mol. The van der Waals surface area contributed by atoms with Gasteiger partial charge in [-0.2, -0.15) is 0 Å². The maximum Gasteiger partial charge on any atom is 0.131 e. The average Bonchev–Trinajstić information content (AvgIpc) is 2.84. The van der Waals surface area contributed by atoms with E-state index in [0.717, 1.165) is 23.3 Å². The van der Waals surface area contributed by atoms with E-state index in [0.29, 0.717) is 16.6 Å². The molecule has 0 fully saturated rings. The predicted octanol–water partition coefficient (Wildman–Crippen LogP) is 3.92. The van der Waals surface area contributed by atoms with Crippen molar-refractivity contribution in [3.63, 3.8) is 0 Å². The number of rotatable bonds is 2. The van der Waals surface area contributed by atoms with Gasteiger partial charge in [0.1, 0.15) is 11.9 Å². The van der Waals surface area contributed by atoms with Gasteiger partial charge in [0.2, 0.25) is 0 Å². The summed E-state index contributed by atoms with van der Waals surface area (Å²) in [5.41, 5.74) is 8.72. The van der Waals surface area contributed by atoms with Crippen molar-refractivity contribution in [1.82, 2.24) is 0 Å². The summed E-state index contributed by atoms with van der Waals surface area (Å²) in [5, 5.41) is 1.32. The fraction of sp³-hybridized carbons (Fsp3) is 0.200. The van der Waals surface area contributed by atoms with E-state index in [1.165, 1.54) is 5.56 Å². The van der Waals surface area contributed by atoms with Crippen LogP contribution in [0.3, 0.4) is 0 Å². The summed E-state index contributed by atoms with van der Waals surface area (Å²) in [6, 6.07) is 11.5. The van der Waals surface area contributed by atoms with Gasteiger partial charge in [0.25, 0.3) is 0 Å². The van der Waals surface area contributed by atoms with Gasteiger partial charge in [-0.25, -0.2) is 0 Å². The lowest BCUT2D eigenvalue weighted by molar-refractivity contribution is 0.242. The molecule has 98 valence electrons. The third kappa shape index (κ3) is 2.32. The second kappa shape index (κ2) is 5.04. The topological polar surface area (TPSA) is 35.2 Å². The van der Waals surface area contributed by atoms with Crippen LogP contribution in [0.25, 0.3) is 11.1 Å². The van der Waals surface area contributed by atoms with Crippen LogP contribution < -0.4 is 10.5 Å². The van der Waals surface area contributed by atoms with E-state index in [-0.39, 0.29) is 6.10 Å². The minimum atomic E-state index is 0.0501. The van der Waals surface area contributed by atoms with E-state index in [9.17, 15) is 0 Å². The van der Waals surface area contributed by atoms with Crippen molar-refractivity contribution in [3.05, 3.63) is 52.0 Å². The number of para-hydroxylation sites is 1. The number of hydrogen-bond donors (Lipinski definition) is 1. The molecular formula is C15H13Cl2NO. The van der Waals surface area contributed by atoms with Crippen LogP contribution in [0.5, 0.6) is 5.75 Å². The molecule has 0 radical (unpaired) electrons. The number of fused-ring (bicyclic) bond motifs is 1. The summed E-state index contributed by atoms with van der Waals surface area (Å²) in [4.78, 5) is 0. The van der Waals surface area contributed by atoms with Crippen LogP contribution in [0.1, 0.15) is 5.56 Å². The molecule has 3 rings (SSSR count). The van der Waals surface area contributed by atoms with Crippen molar-refractivity contribution in [2.24, 2.45) is 5.73 Å². The Bertz CT molecular complexity index is 628. The number of hydrogen-bond acceptors (Lipinski definition) is 2. The van der Waals surface area contributed by atoms with Crippen molar-refractivity contribution >= 4 is 23.2 Å². The molecule has 0 bridgehead atoms. The highest BCUT2D eigenvalue weighted by Gasteiger charge is 2.25. The van der Waals surface area contributed by atoms with Crippen LogP contribution >= 0.6 is 23.2 Å². The molecule has 0 amide bonds. The monoisotopic (exact) mass is 293 g/mol. The zero-order chi connectivity index (χ0) is 13.4. The molecule has 1 aliphatic rings. The van der Waals surface area contributed by atoms with E-state index < -0.39 is 0 Å². The van der Waals surface area contributed by atoms with Crippen LogP contribution in [-0.2, 0) is 6.42 Å². The van der Waals surface area contributed by atoms with Crippen molar-refractivity contribution in [2.45, 2.75) is 12.5 Å². The van der Waals surface area contributed by atoms with E-state index in [1.54, 1.807) is 12.1 Å². The molecule has 0 unspecified atom stereocenters. The lowest BCUT2D eigenvalue weighted by Crippen LogP contribution is -2.24. The summed E-state index contributed by atoms with van der Waals surface area (Å²) < 4.78 is 5.91. The Labute approximate surface area is 122 Å². The fourth-order valence-electron chi connectivity index (χ4n) is 2.39. The van der Waals surface area contributed by atoms with E-state index >= 15 is 0 Å². The van der Waals surface area contributed by atoms with Crippen LogP contribution in [0, 0.1) is 0 Å². The molecular weight excluding hydrogens is 281 g/mol. The molecule has 19 heavy (non-hydrogen) atoms. The summed E-state index contributed by atoms with van der Waals surface area (Å²) >= 11 is 12.3. The molecule has 2 aromatic rings. The Morgan fingerprint density at radius 2 is 2.00 bits per heavy atom. The molecule has 2 aromatic carbocycles. The Morgan fingerprint density at radius 3 is 2.79 bits per heavy atom. The Kier molecular flexibility index (Phi) is 3.40. The minimum Gasteiger partial charge on any atom is -0.488 e.